The molecule has 3 atom stereocenters. The molecule has 6 N–H and O–H groups in total. The number of carbonyl (C=O) groups is 5. The molecule has 0 spiro atoms. The molecular weight excluding hydrogens is 580 g/mol. The predicted octanol–water partition coefficient (Wildman–Crippen LogP) is 3.58. The summed E-state index contributed by atoms with van der Waals surface area (Å²) in [4.78, 5) is 62.0. The number of fused-ring (bicyclic) bond motifs is 1. The summed E-state index contributed by atoms with van der Waals surface area (Å²) in [5.41, 5.74) is 5.49. The van der Waals surface area contributed by atoms with Crippen molar-refractivity contribution >= 4 is 40.6 Å². The Labute approximate surface area is 264 Å². The Morgan fingerprint density at radius 3 is 2.07 bits per heavy atom. The van der Waals surface area contributed by atoms with Gasteiger partial charge < -0.3 is 36.3 Å². The maximum absolute atomic E-state index is 12.7. The minimum atomic E-state index is -1.26. The molecule has 45 heavy (non-hydrogen) atoms. The van der Waals surface area contributed by atoms with Gasteiger partial charge in [0.05, 0.1) is 6.04 Å². The second-order valence-electron chi connectivity index (χ2n) is 13.0. The summed E-state index contributed by atoms with van der Waals surface area (Å²) in [5.74, 6) is -2.88. The Balaban J connectivity index is 1.83. The number of carboxylic acid groups (broad SMARTS) is 1. The molecule has 0 heterocycles. The first-order valence-electron chi connectivity index (χ1n) is 15.2. The highest BCUT2D eigenvalue weighted by Crippen LogP contribution is 2.17. The maximum atomic E-state index is 12.7. The van der Waals surface area contributed by atoms with Gasteiger partial charge in [0.2, 0.25) is 5.91 Å². The number of esters is 2. The van der Waals surface area contributed by atoms with Crippen molar-refractivity contribution in [2.24, 2.45) is 5.73 Å². The zero-order chi connectivity index (χ0) is 33.8. The highest BCUT2D eigenvalue weighted by molar-refractivity contribution is 5.87. The normalized spacial score (nSPS) is 13.7. The topological polar surface area (TPSA) is 186 Å². The van der Waals surface area contributed by atoms with Gasteiger partial charge in [-0.2, -0.15) is 0 Å². The van der Waals surface area contributed by atoms with Crippen LogP contribution in [0.4, 0.5) is 4.79 Å². The number of hydrogen-bond donors (Lipinski definition) is 5. The van der Waals surface area contributed by atoms with E-state index >= 15 is 0 Å². The van der Waals surface area contributed by atoms with Gasteiger partial charge in [0, 0.05) is 13.0 Å². The number of carboxylic acids is 1. The highest BCUT2D eigenvalue weighted by atomic mass is 16.6. The van der Waals surface area contributed by atoms with Crippen LogP contribution >= 0.6 is 0 Å². The number of ether oxygens (including phenoxy) is 2. The molecule has 2 aromatic carbocycles. The molecule has 0 aliphatic rings. The van der Waals surface area contributed by atoms with Crippen molar-refractivity contribution in [2.75, 3.05) is 6.54 Å². The SMILES string of the molecule is CC(C)(C)OC(=O)CC[C@H](NC(=O)N[C@@H](CCCCNC(=O)[C@@H](N)Cc1ccc2ccccc2c1)C(=O)O)C(=O)OC(C)(C)C. The third-order valence-corrected chi connectivity index (χ3v) is 6.48. The smallest absolute Gasteiger partial charge is 0.329 e. The zero-order valence-electron chi connectivity index (χ0n) is 27.1. The van der Waals surface area contributed by atoms with Gasteiger partial charge in [0.1, 0.15) is 23.3 Å². The van der Waals surface area contributed by atoms with Crippen LogP contribution in [0.15, 0.2) is 42.5 Å². The summed E-state index contributed by atoms with van der Waals surface area (Å²) < 4.78 is 10.6. The molecule has 0 saturated heterocycles. The fourth-order valence-corrected chi connectivity index (χ4v) is 4.42. The summed E-state index contributed by atoms with van der Waals surface area (Å²) in [6.07, 6.45) is 1.03. The Morgan fingerprint density at radius 1 is 0.822 bits per heavy atom. The third kappa shape index (κ3) is 14.4. The number of carbonyl (C=O) groups excluding carboxylic acids is 4. The number of nitrogens with one attached hydrogen (secondary N) is 3. The van der Waals surface area contributed by atoms with E-state index < -0.39 is 53.3 Å². The second-order valence-corrected chi connectivity index (χ2v) is 13.0. The first kappa shape index (κ1) is 37.0. The highest BCUT2D eigenvalue weighted by Gasteiger charge is 2.29. The molecule has 0 unspecified atom stereocenters. The van der Waals surface area contributed by atoms with Crippen molar-refractivity contribution in [1.82, 2.24) is 16.0 Å². The number of nitrogens with two attached hydrogens (primary N) is 1. The average molecular weight is 629 g/mol. The van der Waals surface area contributed by atoms with Crippen LogP contribution in [0.2, 0.25) is 0 Å². The number of rotatable bonds is 15. The molecule has 12 heteroatoms. The van der Waals surface area contributed by atoms with Crippen molar-refractivity contribution in [3.8, 4) is 0 Å². The number of unbranched alkanes of at least 4 members (excludes halogenated alkanes) is 1. The van der Waals surface area contributed by atoms with Crippen LogP contribution in [0.5, 0.6) is 0 Å². The van der Waals surface area contributed by atoms with Crippen LogP contribution in [-0.2, 0) is 35.1 Å². The van der Waals surface area contributed by atoms with Crippen molar-refractivity contribution in [1.29, 1.82) is 0 Å². The van der Waals surface area contributed by atoms with Gasteiger partial charge in [-0.25, -0.2) is 14.4 Å². The summed E-state index contributed by atoms with van der Waals surface area (Å²) in [7, 11) is 0. The quantitative estimate of drug-likeness (QED) is 0.145. The lowest BCUT2D eigenvalue weighted by Gasteiger charge is -2.25. The van der Waals surface area contributed by atoms with Gasteiger partial charge in [0.15, 0.2) is 0 Å². The fraction of sp³-hybridized carbons (Fsp3) is 0.545. The van der Waals surface area contributed by atoms with Gasteiger partial charge in [-0.05, 0) is 90.0 Å². The molecule has 2 aromatic rings. The van der Waals surface area contributed by atoms with E-state index in [9.17, 15) is 29.1 Å². The number of hydrogen-bond acceptors (Lipinski definition) is 8. The molecule has 0 aromatic heterocycles. The standard InChI is InChI=1S/C33H48N4O8/c1-32(2,3)44-27(38)17-16-26(30(42)45-33(4,5)6)37-31(43)36-25(29(40)41)13-9-10-18-35-28(39)24(34)20-21-14-15-22-11-7-8-12-23(22)19-21/h7-8,11-12,14-15,19,24-26H,9-10,13,16-18,20,34H2,1-6H3,(H,35,39)(H,40,41)(H2,36,37,43)/t24-,25-,26-/m0/s1. The average Bonchev–Trinajstić information content (AvgIpc) is 2.92. The summed E-state index contributed by atoms with van der Waals surface area (Å²) in [6.45, 7) is 10.4. The number of benzene rings is 2. The molecule has 3 amide bonds. The number of aliphatic carboxylic acids is 1. The van der Waals surface area contributed by atoms with E-state index in [0.29, 0.717) is 19.3 Å². The molecule has 248 valence electrons. The van der Waals surface area contributed by atoms with E-state index in [-0.39, 0.29) is 31.7 Å². The van der Waals surface area contributed by atoms with E-state index in [4.69, 9.17) is 15.2 Å². The third-order valence-electron chi connectivity index (χ3n) is 6.48. The van der Waals surface area contributed by atoms with E-state index in [1.165, 1.54) is 0 Å². The lowest BCUT2D eigenvalue weighted by molar-refractivity contribution is -0.158. The van der Waals surface area contributed by atoms with Crippen molar-refractivity contribution in [3.63, 3.8) is 0 Å². The van der Waals surface area contributed by atoms with Crippen LogP contribution in [0, 0.1) is 0 Å². The Bertz CT molecular complexity index is 1330. The van der Waals surface area contributed by atoms with Crippen molar-refractivity contribution in [3.05, 3.63) is 48.0 Å². The van der Waals surface area contributed by atoms with Gasteiger partial charge in [-0.3, -0.25) is 9.59 Å². The monoisotopic (exact) mass is 628 g/mol. The molecule has 12 nitrogen and oxygen atoms in total. The second kappa shape index (κ2) is 16.8. The predicted molar refractivity (Wildman–Crippen MR) is 170 cm³/mol. The molecule has 0 aliphatic carbocycles. The zero-order valence-corrected chi connectivity index (χ0v) is 27.1. The van der Waals surface area contributed by atoms with Crippen LogP contribution in [0.25, 0.3) is 10.8 Å². The van der Waals surface area contributed by atoms with Gasteiger partial charge in [-0.15, -0.1) is 0 Å². The number of amides is 3. The van der Waals surface area contributed by atoms with E-state index in [2.05, 4.69) is 16.0 Å². The molecular formula is C33H48N4O8. The Kier molecular flexibility index (Phi) is 13.8. The molecule has 0 bridgehead atoms. The van der Waals surface area contributed by atoms with Crippen molar-refractivity contribution in [2.45, 2.75) is 109 Å². The summed E-state index contributed by atoms with van der Waals surface area (Å²) in [6, 6.07) is 9.78. The summed E-state index contributed by atoms with van der Waals surface area (Å²) in [5, 5.41) is 19.4. The Hall–Kier alpha value is -4.19. The molecule has 0 aliphatic heterocycles. The van der Waals surface area contributed by atoms with Gasteiger partial charge in [0.25, 0.3) is 0 Å². The van der Waals surface area contributed by atoms with E-state index in [0.717, 1.165) is 16.3 Å². The van der Waals surface area contributed by atoms with Crippen molar-refractivity contribution < 1.29 is 38.6 Å². The van der Waals surface area contributed by atoms with Gasteiger partial charge in [-0.1, -0.05) is 42.5 Å². The minimum Gasteiger partial charge on any atom is -0.480 e. The van der Waals surface area contributed by atoms with E-state index in [1.807, 2.05) is 42.5 Å². The van der Waals surface area contributed by atoms with Crippen LogP contribution in [0.3, 0.4) is 0 Å². The van der Waals surface area contributed by atoms with Crippen LogP contribution in [-0.4, -0.2) is 70.8 Å². The molecule has 0 radical (unpaired) electrons. The van der Waals surface area contributed by atoms with Gasteiger partial charge >= 0.3 is 23.9 Å². The lowest BCUT2D eigenvalue weighted by Crippen LogP contribution is -2.52. The number of urea groups is 1. The minimum absolute atomic E-state index is 0.0801. The largest absolute Gasteiger partial charge is 0.480 e. The van der Waals surface area contributed by atoms with E-state index in [1.54, 1.807) is 41.5 Å². The van der Waals surface area contributed by atoms with Crippen LogP contribution in [0.1, 0.15) is 79.2 Å². The first-order valence-corrected chi connectivity index (χ1v) is 15.2. The molecule has 2 rings (SSSR count). The van der Waals surface area contributed by atoms with Crippen LogP contribution < -0.4 is 21.7 Å². The summed E-state index contributed by atoms with van der Waals surface area (Å²) >= 11 is 0. The molecule has 0 fully saturated rings. The maximum Gasteiger partial charge on any atom is 0.329 e. The lowest BCUT2D eigenvalue weighted by atomic mass is 10.0. The first-order chi connectivity index (χ1) is 20.9. The fourth-order valence-electron chi connectivity index (χ4n) is 4.42. The Morgan fingerprint density at radius 2 is 1.44 bits per heavy atom. The molecule has 0 saturated carbocycles.